The Bertz CT molecular complexity index is 879. The highest BCUT2D eigenvalue weighted by Crippen LogP contribution is 2.46. The lowest BCUT2D eigenvalue weighted by atomic mass is 9.67. The second-order valence-electron chi connectivity index (χ2n) is 8.36. The van der Waals surface area contributed by atoms with Crippen molar-refractivity contribution < 1.29 is 0 Å². The number of nitrogens with zero attached hydrogens (tertiary/aromatic N) is 4. The maximum atomic E-state index is 12.9. The summed E-state index contributed by atoms with van der Waals surface area (Å²) in [6.45, 7) is 7.94. The fourth-order valence-electron chi connectivity index (χ4n) is 5.55. The van der Waals surface area contributed by atoms with Crippen LogP contribution in [0.3, 0.4) is 0 Å². The number of rotatable bonds is 2. The zero-order chi connectivity index (χ0) is 17.1. The van der Waals surface area contributed by atoms with Crippen molar-refractivity contribution in [2.24, 2.45) is 11.8 Å². The number of fused-ring (bicyclic) bond motifs is 3. The molecule has 1 aliphatic carbocycles. The normalized spacial score (nSPS) is 31.0. The van der Waals surface area contributed by atoms with Gasteiger partial charge >= 0.3 is 0 Å². The van der Waals surface area contributed by atoms with E-state index in [1.54, 1.807) is 6.20 Å². The number of hydrogen-bond donors (Lipinski definition) is 0. The molecule has 6 rings (SSSR count). The fraction of sp³-hybridized carbons (Fsp3) is 0.650. The first-order chi connectivity index (χ1) is 12.1. The SMILES string of the molecule is CC(C)n1nc2c3c(c(=O)nccc31)C([C@H]1CN3CCC1CC3)CC2. The summed E-state index contributed by atoms with van der Waals surface area (Å²) >= 11 is 0. The zero-order valence-corrected chi connectivity index (χ0v) is 15.1. The van der Waals surface area contributed by atoms with Gasteiger partial charge in [0.25, 0.3) is 5.56 Å². The monoisotopic (exact) mass is 338 g/mol. The zero-order valence-electron chi connectivity index (χ0n) is 15.1. The summed E-state index contributed by atoms with van der Waals surface area (Å²) in [6, 6.07) is 2.27. The molecule has 0 radical (unpaired) electrons. The summed E-state index contributed by atoms with van der Waals surface area (Å²) < 4.78 is 2.08. The van der Waals surface area contributed by atoms with Crippen LogP contribution in [0.15, 0.2) is 17.1 Å². The van der Waals surface area contributed by atoms with Crippen LogP contribution in [0.1, 0.15) is 56.3 Å². The summed E-state index contributed by atoms with van der Waals surface area (Å²) in [7, 11) is 0. The van der Waals surface area contributed by atoms with Crippen LogP contribution in [-0.2, 0) is 6.42 Å². The molecule has 25 heavy (non-hydrogen) atoms. The quantitative estimate of drug-likeness (QED) is 0.845. The molecule has 0 N–H and O–H groups in total. The number of hydrogen-bond acceptors (Lipinski definition) is 4. The van der Waals surface area contributed by atoms with Gasteiger partial charge in [-0.2, -0.15) is 5.10 Å². The van der Waals surface area contributed by atoms with Gasteiger partial charge in [0.2, 0.25) is 0 Å². The average Bonchev–Trinajstić information content (AvgIpc) is 2.91. The Hall–Kier alpha value is -1.75. The molecule has 2 aromatic heterocycles. The Balaban J connectivity index is 1.71. The van der Waals surface area contributed by atoms with E-state index >= 15 is 0 Å². The Kier molecular flexibility index (Phi) is 3.49. The van der Waals surface area contributed by atoms with Gasteiger partial charge in [-0.15, -0.1) is 0 Å². The molecule has 5 heterocycles. The van der Waals surface area contributed by atoms with E-state index in [-0.39, 0.29) is 11.6 Å². The van der Waals surface area contributed by atoms with E-state index in [4.69, 9.17) is 5.10 Å². The summed E-state index contributed by atoms with van der Waals surface area (Å²) in [6.07, 6.45) is 6.30. The van der Waals surface area contributed by atoms with E-state index in [0.717, 1.165) is 47.5 Å². The van der Waals surface area contributed by atoms with Crippen molar-refractivity contribution >= 4 is 10.9 Å². The van der Waals surface area contributed by atoms with Crippen LogP contribution in [0.5, 0.6) is 0 Å². The maximum Gasteiger partial charge on any atom is 0.273 e. The van der Waals surface area contributed by atoms with Crippen LogP contribution in [0.25, 0.3) is 10.9 Å². The highest BCUT2D eigenvalue weighted by Gasteiger charge is 2.42. The standard InChI is InChI=1S/C20H26N4O/c1-12(2)24-17-5-8-21-20(25)18-14(3-4-16(22-24)19(17)18)15-11-23-9-6-13(15)7-10-23/h5,8,12-15H,3-4,6-7,9-11H2,1-2H3/t14?,15-/m0/s1. The third-order valence-corrected chi connectivity index (χ3v) is 6.72. The van der Waals surface area contributed by atoms with Crippen molar-refractivity contribution in [2.45, 2.75) is 51.5 Å². The first-order valence-electron chi connectivity index (χ1n) is 9.76. The smallest absolute Gasteiger partial charge is 0.273 e. The largest absolute Gasteiger partial charge is 0.303 e. The van der Waals surface area contributed by atoms with Gasteiger partial charge in [-0.1, -0.05) is 0 Å². The fourth-order valence-corrected chi connectivity index (χ4v) is 5.55. The minimum atomic E-state index is -0.0271. The molecule has 3 saturated heterocycles. The minimum absolute atomic E-state index is 0.0271. The van der Waals surface area contributed by atoms with E-state index < -0.39 is 0 Å². The van der Waals surface area contributed by atoms with Crippen LogP contribution < -0.4 is 5.56 Å². The van der Waals surface area contributed by atoms with E-state index in [1.807, 2.05) is 6.07 Å². The summed E-state index contributed by atoms with van der Waals surface area (Å²) in [5, 5.41) is 5.97. The second-order valence-corrected chi connectivity index (χ2v) is 8.36. The molecular formula is C20H26N4O. The van der Waals surface area contributed by atoms with Crippen LogP contribution in [0, 0.1) is 11.8 Å². The van der Waals surface area contributed by atoms with Gasteiger partial charge in [-0.3, -0.25) is 9.48 Å². The highest BCUT2D eigenvalue weighted by molar-refractivity contribution is 5.86. The molecule has 2 atom stereocenters. The van der Waals surface area contributed by atoms with Crippen molar-refractivity contribution in [1.82, 2.24) is 19.7 Å². The lowest BCUT2D eigenvalue weighted by Crippen LogP contribution is -2.50. The molecule has 1 unspecified atom stereocenters. The molecule has 2 aromatic rings. The predicted molar refractivity (Wildman–Crippen MR) is 97.9 cm³/mol. The Labute approximate surface area is 148 Å². The summed E-state index contributed by atoms with van der Waals surface area (Å²) in [5.41, 5.74) is 3.12. The molecule has 3 fully saturated rings. The van der Waals surface area contributed by atoms with E-state index in [1.165, 1.54) is 25.9 Å². The number of aryl methyl sites for hydroxylation is 1. The van der Waals surface area contributed by atoms with Crippen molar-refractivity contribution in [1.29, 1.82) is 0 Å². The Morgan fingerprint density at radius 3 is 2.68 bits per heavy atom. The first-order valence-corrected chi connectivity index (χ1v) is 9.76. The van der Waals surface area contributed by atoms with Gasteiger partial charge in [0, 0.05) is 29.7 Å². The van der Waals surface area contributed by atoms with Crippen LogP contribution in [0.4, 0.5) is 0 Å². The Morgan fingerprint density at radius 1 is 1.20 bits per heavy atom. The molecule has 5 nitrogen and oxygen atoms in total. The van der Waals surface area contributed by atoms with Gasteiger partial charge in [-0.25, -0.2) is 4.98 Å². The van der Waals surface area contributed by atoms with Gasteiger partial charge in [0.05, 0.1) is 11.2 Å². The van der Waals surface area contributed by atoms with Crippen LogP contribution >= 0.6 is 0 Å². The molecule has 0 amide bonds. The van der Waals surface area contributed by atoms with Crippen LogP contribution in [-0.4, -0.2) is 39.3 Å². The topological polar surface area (TPSA) is 51.0 Å². The third-order valence-electron chi connectivity index (χ3n) is 6.72. The number of aromatic nitrogens is 3. The molecule has 2 bridgehead atoms. The summed E-state index contributed by atoms with van der Waals surface area (Å²) in [4.78, 5) is 19.8. The van der Waals surface area contributed by atoms with Crippen molar-refractivity contribution in [3.63, 3.8) is 0 Å². The second kappa shape index (κ2) is 5.63. The van der Waals surface area contributed by atoms with Crippen molar-refractivity contribution in [3.8, 4) is 0 Å². The Morgan fingerprint density at radius 2 is 2.00 bits per heavy atom. The van der Waals surface area contributed by atoms with Gasteiger partial charge in [0.15, 0.2) is 0 Å². The highest BCUT2D eigenvalue weighted by atomic mass is 16.1. The molecule has 0 saturated carbocycles. The minimum Gasteiger partial charge on any atom is -0.303 e. The summed E-state index contributed by atoms with van der Waals surface area (Å²) in [5.74, 6) is 1.73. The van der Waals surface area contributed by atoms with E-state index in [2.05, 4.69) is 28.4 Å². The molecule has 3 aliphatic heterocycles. The van der Waals surface area contributed by atoms with Crippen molar-refractivity contribution in [2.75, 3.05) is 19.6 Å². The lowest BCUT2D eigenvalue weighted by Gasteiger charge is -2.48. The molecule has 0 spiro atoms. The van der Waals surface area contributed by atoms with Crippen molar-refractivity contribution in [3.05, 3.63) is 33.9 Å². The van der Waals surface area contributed by atoms with Gasteiger partial charge in [-0.05, 0) is 76.4 Å². The molecule has 5 heteroatoms. The predicted octanol–water partition coefficient (Wildman–Crippen LogP) is 2.74. The first kappa shape index (κ1) is 15.5. The van der Waals surface area contributed by atoms with E-state index in [9.17, 15) is 4.79 Å². The maximum absolute atomic E-state index is 12.9. The number of piperidine rings is 3. The van der Waals surface area contributed by atoms with Gasteiger partial charge in [0.1, 0.15) is 0 Å². The molecular weight excluding hydrogens is 312 g/mol. The molecule has 4 aliphatic rings. The average molecular weight is 338 g/mol. The molecule has 132 valence electrons. The lowest BCUT2D eigenvalue weighted by molar-refractivity contribution is 0.0345. The molecule has 0 aromatic carbocycles. The van der Waals surface area contributed by atoms with Gasteiger partial charge < -0.3 is 4.90 Å². The third kappa shape index (κ3) is 2.28. The van der Waals surface area contributed by atoms with Crippen LogP contribution in [0.2, 0.25) is 0 Å². The van der Waals surface area contributed by atoms with E-state index in [0.29, 0.717) is 11.8 Å².